The first-order valence-electron chi connectivity index (χ1n) is 21.9. The number of morpholine rings is 1. The number of terminal acetylenes is 1. The van der Waals surface area contributed by atoms with Gasteiger partial charge in [-0.25, -0.2) is 0 Å². The maximum atomic E-state index is 14.1. The van der Waals surface area contributed by atoms with Gasteiger partial charge in [0.25, 0.3) is 5.91 Å². The molecule has 0 unspecified atom stereocenters. The molecule has 342 valence electrons. The monoisotopic (exact) mass is 880 g/mol. The topological polar surface area (TPSA) is 191 Å². The van der Waals surface area contributed by atoms with Crippen LogP contribution in [-0.4, -0.2) is 116 Å². The van der Waals surface area contributed by atoms with Crippen molar-refractivity contribution in [3.05, 3.63) is 95.6 Å². The number of carbonyl (C=O) groups excluding carboxylic acids is 6. The van der Waals surface area contributed by atoms with Gasteiger partial charge in [0.2, 0.25) is 17.7 Å². The lowest BCUT2D eigenvalue weighted by Gasteiger charge is -2.41. The van der Waals surface area contributed by atoms with E-state index in [0.29, 0.717) is 55.9 Å². The van der Waals surface area contributed by atoms with Crippen molar-refractivity contribution in [1.29, 1.82) is 0 Å². The number of benzene rings is 3. The van der Waals surface area contributed by atoms with E-state index in [-0.39, 0.29) is 56.0 Å². The zero-order chi connectivity index (χ0) is 46.3. The molecule has 2 heterocycles. The van der Waals surface area contributed by atoms with E-state index < -0.39 is 53.5 Å². The number of esters is 1. The number of epoxide rings is 1. The second-order valence-electron chi connectivity index (χ2n) is 17.3. The van der Waals surface area contributed by atoms with Gasteiger partial charge in [0.1, 0.15) is 50.0 Å². The number of amides is 4. The summed E-state index contributed by atoms with van der Waals surface area (Å²) < 4.78 is 22.4. The number of hydrogen-bond acceptors (Lipinski definition) is 10. The van der Waals surface area contributed by atoms with E-state index in [1.54, 1.807) is 25.1 Å². The molecule has 2 saturated heterocycles. The van der Waals surface area contributed by atoms with E-state index >= 15 is 0 Å². The van der Waals surface area contributed by atoms with Crippen LogP contribution in [0.4, 0.5) is 0 Å². The zero-order valence-electron chi connectivity index (χ0n) is 37.5. The van der Waals surface area contributed by atoms with E-state index in [1.165, 1.54) is 13.8 Å². The quantitative estimate of drug-likeness (QED) is 0.0362. The Morgan fingerprint density at radius 1 is 0.781 bits per heavy atom. The molecule has 0 radical (unpaired) electrons. The minimum absolute atomic E-state index is 0.0165. The molecular weight excluding hydrogens is 819 g/mol. The van der Waals surface area contributed by atoms with Gasteiger partial charge in [0.15, 0.2) is 23.8 Å². The predicted molar refractivity (Wildman–Crippen MR) is 239 cm³/mol. The fourth-order valence-electron chi connectivity index (χ4n) is 7.71. The third-order valence-electron chi connectivity index (χ3n) is 11.3. The van der Waals surface area contributed by atoms with Crippen LogP contribution in [0.25, 0.3) is 0 Å². The molecule has 5 rings (SSSR count). The number of quaternary nitrogens is 1. The Hall–Kier alpha value is -6.08. The summed E-state index contributed by atoms with van der Waals surface area (Å²) in [4.78, 5) is 81.1. The van der Waals surface area contributed by atoms with Crippen LogP contribution < -0.4 is 30.7 Å². The molecule has 15 heteroatoms. The summed E-state index contributed by atoms with van der Waals surface area (Å²) in [5, 5.41) is 11.4. The Bertz CT molecular complexity index is 2130. The van der Waals surface area contributed by atoms with E-state index in [2.05, 4.69) is 27.2 Å². The lowest BCUT2D eigenvalue weighted by atomic mass is 9.93. The van der Waals surface area contributed by atoms with Crippen LogP contribution in [-0.2, 0) is 57.6 Å². The summed E-state index contributed by atoms with van der Waals surface area (Å²) in [6.45, 7) is 10.9. The number of nitrogens with zero attached hydrogens (tertiary/aromatic N) is 1. The second-order valence-corrected chi connectivity index (χ2v) is 17.3. The summed E-state index contributed by atoms with van der Waals surface area (Å²) >= 11 is 0. The number of ether oxygens (including phenoxy) is 4. The van der Waals surface area contributed by atoms with Crippen molar-refractivity contribution >= 4 is 35.4 Å². The average Bonchev–Trinajstić information content (AvgIpc) is 4.02. The summed E-state index contributed by atoms with van der Waals surface area (Å²) in [7, 11) is 0. The third-order valence-corrected chi connectivity index (χ3v) is 11.3. The molecule has 4 amide bonds. The van der Waals surface area contributed by atoms with E-state index in [4.69, 9.17) is 25.4 Å². The number of Topliss-reactive ketones (excluding diaryl/α,β-unsaturated/α-hetero) is 1. The number of ketones is 1. The van der Waals surface area contributed by atoms with Crippen molar-refractivity contribution in [2.45, 2.75) is 96.6 Å². The van der Waals surface area contributed by atoms with Gasteiger partial charge in [0.05, 0.1) is 25.9 Å². The molecule has 5 atom stereocenters. The minimum Gasteiger partial charge on any atom is -0.477 e. The highest BCUT2D eigenvalue weighted by atomic mass is 16.6. The molecule has 0 bridgehead atoms. The molecule has 64 heavy (non-hydrogen) atoms. The van der Waals surface area contributed by atoms with Gasteiger partial charge in [-0.15, -0.1) is 6.42 Å². The minimum atomic E-state index is -1.11. The Labute approximate surface area is 375 Å². The molecule has 2 aliphatic rings. The number of carbonyl (C=O) groups is 6. The summed E-state index contributed by atoms with van der Waals surface area (Å²) in [5.41, 5.74) is 1.60. The molecule has 0 aromatic heterocycles. The largest absolute Gasteiger partial charge is 0.477 e. The smallest absolute Gasteiger partial charge is 0.308 e. The zero-order valence-corrected chi connectivity index (χ0v) is 37.5. The van der Waals surface area contributed by atoms with E-state index in [1.807, 2.05) is 74.5 Å². The lowest BCUT2D eigenvalue weighted by Crippen LogP contribution is -2.60. The standard InChI is InChI=1S/C49H61N5O10/c1-7-24-62-43-29-38(19-21-42(43)64-35(5)55)30-54(22-25-61-26-23-54)31-44(56)51-39(20-18-36-14-10-8-11-15-36)47(59)50-34(4)46(58)53-41(28-37-16-12-9-13-17-37)48(60)52-40(27-33(2)3)45(57)49(6)32-63-49/h1,8-17,19,21,29,33-34,39-41H,18,20,22-28,30-32H2,2-6H3,(H3-,50,51,52,53,56,58,59,60)/p+1/t34-,39-,40-,41-,49+/m0/s1. The first-order valence-corrected chi connectivity index (χ1v) is 21.9. The van der Waals surface area contributed by atoms with Crippen LogP contribution in [0, 0.1) is 18.3 Å². The first-order chi connectivity index (χ1) is 30.6. The van der Waals surface area contributed by atoms with Gasteiger partial charge in [-0.1, -0.05) is 80.4 Å². The van der Waals surface area contributed by atoms with Gasteiger partial charge < -0.3 is 44.7 Å². The van der Waals surface area contributed by atoms with Crippen molar-refractivity contribution in [1.82, 2.24) is 21.3 Å². The number of nitrogens with one attached hydrogen (secondary N) is 4. The highest BCUT2D eigenvalue weighted by Gasteiger charge is 2.50. The molecule has 3 aromatic carbocycles. The molecule has 0 spiro atoms. The normalized spacial score (nSPS) is 18.2. The van der Waals surface area contributed by atoms with Gasteiger partial charge in [-0.2, -0.15) is 0 Å². The van der Waals surface area contributed by atoms with Crippen LogP contribution in [0.2, 0.25) is 0 Å². The van der Waals surface area contributed by atoms with Crippen molar-refractivity contribution in [3.8, 4) is 23.8 Å². The van der Waals surface area contributed by atoms with Gasteiger partial charge in [0, 0.05) is 18.9 Å². The number of hydrogen-bond donors (Lipinski definition) is 4. The maximum Gasteiger partial charge on any atom is 0.308 e. The first kappa shape index (κ1) is 48.9. The summed E-state index contributed by atoms with van der Waals surface area (Å²) in [6.07, 6.45) is 6.65. The fraction of sp³-hybridized carbons (Fsp3) is 0.469. The summed E-state index contributed by atoms with van der Waals surface area (Å²) in [6, 6.07) is 19.9. The Morgan fingerprint density at radius 2 is 1.41 bits per heavy atom. The highest BCUT2D eigenvalue weighted by Crippen LogP contribution is 2.31. The molecule has 2 aliphatic heterocycles. The molecule has 4 N–H and O–H groups in total. The molecular formula is C49H62N5O10+. The Kier molecular flexibility index (Phi) is 17.6. The SMILES string of the molecule is C#CCOc1cc(C[N+]2(CC(=O)N[C@@H](CCc3ccccc3)C(=O)N[C@@H](C)C(=O)N[C@@H](Cc3ccccc3)C(=O)N[C@@H](CC(C)C)C(=O)[C@@]3(C)CO3)CCOCC2)ccc1OC(C)=O. The van der Waals surface area contributed by atoms with Crippen LogP contribution >= 0.6 is 0 Å². The maximum absolute atomic E-state index is 14.1. The molecule has 0 saturated carbocycles. The molecule has 15 nitrogen and oxygen atoms in total. The van der Waals surface area contributed by atoms with Crippen molar-refractivity contribution in [2.24, 2.45) is 5.92 Å². The molecule has 0 aliphatic carbocycles. The van der Waals surface area contributed by atoms with Gasteiger partial charge in [-0.3, -0.25) is 28.8 Å². The highest BCUT2D eigenvalue weighted by molar-refractivity contribution is 5.98. The van der Waals surface area contributed by atoms with Crippen molar-refractivity contribution in [3.63, 3.8) is 0 Å². The lowest BCUT2D eigenvalue weighted by molar-refractivity contribution is -0.940. The van der Waals surface area contributed by atoms with Gasteiger partial charge in [-0.05, 0) is 68.4 Å². The van der Waals surface area contributed by atoms with Crippen LogP contribution in [0.1, 0.15) is 64.2 Å². The predicted octanol–water partition coefficient (Wildman–Crippen LogP) is 3.21. The van der Waals surface area contributed by atoms with E-state index in [9.17, 15) is 28.8 Å². The number of rotatable bonds is 23. The van der Waals surface area contributed by atoms with Crippen LogP contribution in [0.3, 0.4) is 0 Å². The fourth-order valence-corrected chi connectivity index (χ4v) is 7.71. The summed E-state index contributed by atoms with van der Waals surface area (Å²) in [5.74, 6) is 0.197. The Morgan fingerprint density at radius 3 is 2.02 bits per heavy atom. The van der Waals surface area contributed by atoms with Gasteiger partial charge >= 0.3 is 5.97 Å². The van der Waals surface area contributed by atoms with Crippen LogP contribution in [0.15, 0.2) is 78.9 Å². The second kappa shape index (κ2) is 23.0. The molecule has 3 aromatic rings. The average molecular weight is 881 g/mol. The number of aryl methyl sites for hydroxylation is 1. The van der Waals surface area contributed by atoms with Crippen molar-refractivity contribution < 1.29 is 52.2 Å². The molecule has 2 fully saturated rings. The van der Waals surface area contributed by atoms with Crippen LogP contribution in [0.5, 0.6) is 11.5 Å². The third kappa shape index (κ3) is 14.8. The van der Waals surface area contributed by atoms with E-state index in [0.717, 1.165) is 16.7 Å². The van der Waals surface area contributed by atoms with Crippen molar-refractivity contribution in [2.75, 3.05) is 46.1 Å². The Balaban J connectivity index is 1.30.